The SMILES string of the molecule is CCS(=O)(=O)N1CCN(c2cc3c(cn2)NC(c2c(F)cccc2F)=Nc2c-3n[nH]c2C)CC1. The van der Waals surface area contributed by atoms with Gasteiger partial charge < -0.3 is 10.2 Å². The summed E-state index contributed by atoms with van der Waals surface area (Å²) in [4.78, 5) is 11.0. The van der Waals surface area contributed by atoms with Gasteiger partial charge in [0.25, 0.3) is 0 Å². The molecule has 1 aromatic carbocycles. The minimum absolute atomic E-state index is 0.0213. The molecule has 0 unspecified atom stereocenters. The number of pyridine rings is 1. The van der Waals surface area contributed by atoms with Gasteiger partial charge in [-0.05, 0) is 32.0 Å². The van der Waals surface area contributed by atoms with Crippen LogP contribution in [0.15, 0.2) is 35.5 Å². The number of fused-ring (bicyclic) bond motifs is 3. The van der Waals surface area contributed by atoms with E-state index in [0.717, 1.165) is 0 Å². The maximum absolute atomic E-state index is 14.5. The molecule has 5 rings (SSSR count). The lowest BCUT2D eigenvalue weighted by Crippen LogP contribution is -2.49. The van der Waals surface area contributed by atoms with Crippen molar-refractivity contribution in [1.82, 2.24) is 19.5 Å². The zero-order valence-corrected chi connectivity index (χ0v) is 19.5. The van der Waals surface area contributed by atoms with E-state index in [1.807, 2.05) is 11.0 Å². The van der Waals surface area contributed by atoms with Gasteiger partial charge in [-0.1, -0.05) is 6.07 Å². The summed E-state index contributed by atoms with van der Waals surface area (Å²) in [5, 5.41) is 10.3. The minimum atomic E-state index is -3.24. The number of aliphatic imine (C=N–C) groups is 1. The number of hydrogen-bond acceptors (Lipinski definition) is 7. The Balaban J connectivity index is 1.52. The number of amidine groups is 1. The van der Waals surface area contributed by atoms with E-state index in [1.165, 1.54) is 22.5 Å². The second-order valence-electron chi connectivity index (χ2n) is 8.10. The van der Waals surface area contributed by atoms with Crippen molar-refractivity contribution >= 4 is 33.1 Å². The number of benzene rings is 1. The number of halogens is 2. The van der Waals surface area contributed by atoms with E-state index in [-0.39, 0.29) is 17.2 Å². The van der Waals surface area contributed by atoms with E-state index < -0.39 is 21.7 Å². The van der Waals surface area contributed by atoms with Gasteiger partial charge in [-0.3, -0.25) is 5.10 Å². The predicted molar refractivity (Wildman–Crippen MR) is 126 cm³/mol. The van der Waals surface area contributed by atoms with Crippen LogP contribution in [0.25, 0.3) is 11.3 Å². The first-order valence-electron chi connectivity index (χ1n) is 10.9. The minimum Gasteiger partial charge on any atom is -0.354 e. The number of hydrogen-bond donors (Lipinski definition) is 2. The lowest BCUT2D eigenvalue weighted by molar-refractivity contribution is 0.384. The van der Waals surface area contributed by atoms with Crippen molar-refractivity contribution in [2.75, 3.05) is 42.1 Å². The highest BCUT2D eigenvalue weighted by Gasteiger charge is 2.28. The van der Waals surface area contributed by atoms with Crippen LogP contribution in [0.1, 0.15) is 18.2 Å². The van der Waals surface area contributed by atoms with Crippen LogP contribution in [-0.2, 0) is 10.0 Å². The molecule has 34 heavy (non-hydrogen) atoms. The van der Waals surface area contributed by atoms with Crippen LogP contribution in [-0.4, -0.2) is 65.7 Å². The average molecular weight is 488 g/mol. The van der Waals surface area contributed by atoms with Gasteiger partial charge in [-0.25, -0.2) is 27.2 Å². The third-order valence-corrected chi connectivity index (χ3v) is 7.94. The number of aryl methyl sites for hydroxylation is 1. The summed E-state index contributed by atoms with van der Waals surface area (Å²) in [6.07, 6.45) is 1.58. The Morgan fingerprint density at radius 1 is 1.12 bits per heavy atom. The fraction of sp³-hybridized carbons (Fsp3) is 0.318. The summed E-state index contributed by atoms with van der Waals surface area (Å²) in [7, 11) is -3.24. The van der Waals surface area contributed by atoms with Gasteiger partial charge in [0.2, 0.25) is 10.0 Å². The van der Waals surface area contributed by atoms with Gasteiger partial charge in [-0.15, -0.1) is 0 Å². The number of piperazine rings is 1. The Kier molecular flexibility index (Phi) is 5.56. The molecule has 12 heteroatoms. The molecule has 0 amide bonds. The van der Waals surface area contributed by atoms with Gasteiger partial charge in [0.1, 0.15) is 34.7 Å². The highest BCUT2D eigenvalue weighted by Crippen LogP contribution is 2.40. The number of aromatic amines is 1. The first kappa shape index (κ1) is 22.4. The van der Waals surface area contributed by atoms with Crippen molar-refractivity contribution in [3.05, 3.63) is 53.4 Å². The smallest absolute Gasteiger partial charge is 0.213 e. The number of rotatable bonds is 4. The maximum Gasteiger partial charge on any atom is 0.213 e. The van der Waals surface area contributed by atoms with Gasteiger partial charge >= 0.3 is 0 Å². The predicted octanol–water partition coefficient (Wildman–Crippen LogP) is 3.03. The van der Waals surface area contributed by atoms with Gasteiger partial charge in [0, 0.05) is 31.7 Å². The molecule has 3 aromatic rings. The van der Waals surface area contributed by atoms with Crippen LogP contribution in [0.4, 0.5) is 26.0 Å². The largest absolute Gasteiger partial charge is 0.354 e. The van der Waals surface area contributed by atoms with E-state index in [0.29, 0.717) is 60.3 Å². The first-order valence-corrected chi connectivity index (χ1v) is 12.5. The number of aromatic nitrogens is 3. The van der Waals surface area contributed by atoms with Crippen LogP contribution in [0.5, 0.6) is 0 Å². The van der Waals surface area contributed by atoms with E-state index in [9.17, 15) is 17.2 Å². The van der Waals surface area contributed by atoms with Crippen molar-refractivity contribution < 1.29 is 17.2 Å². The molecule has 0 aliphatic carbocycles. The Bertz CT molecular complexity index is 1380. The van der Waals surface area contributed by atoms with Crippen molar-refractivity contribution in [3.8, 4) is 11.3 Å². The molecule has 0 spiro atoms. The molecule has 0 bridgehead atoms. The van der Waals surface area contributed by atoms with Crippen LogP contribution in [0.3, 0.4) is 0 Å². The van der Waals surface area contributed by atoms with Crippen LogP contribution >= 0.6 is 0 Å². The van der Waals surface area contributed by atoms with Crippen LogP contribution in [0.2, 0.25) is 0 Å². The molecular formula is C22H23F2N7O2S. The molecule has 0 saturated carbocycles. The number of nitrogens with one attached hydrogen (secondary N) is 2. The molecule has 9 nitrogen and oxygen atoms in total. The summed E-state index contributed by atoms with van der Waals surface area (Å²) < 4.78 is 54.9. The standard InChI is InChI=1S/C22H23F2N7O2S/c1-3-34(32,33)31-9-7-30(8-10-31)18-11-14-17(12-25-18)26-22(19-15(23)5-4-6-16(19)24)27-20-13(2)28-29-21(14)20/h4-6,11-12H,3,7-10H2,1-2H3,(H,26,27)(H,28,29). The van der Waals surface area contributed by atoms with Crippen molar-refractivity contribution in [2.45, 2.75) is 13.8 Å². The molecule has 2 N–H and O–H groups in total. The zero-order chi connectivity index (χ0) is 24.0. The van der Waals surface area contributed by atoms with Crippen molar-refractivity contribution in [2.24, 2.45) is 4.99 Å². The van der Waals surface area contributed by atoms with Gasteiger partial charge in [0.05, 0.1) is 28.9 Å². The molecule has 178 valence electrons. The molecule has 1 fully saturated rings. The Labute approximate surface area is 195 Å². The Hall–Kier alpha value is -3.38. The Morgan fingerprint density at radius 2 is 1.82 bits per heavy atom. The summed E-state index contributed by atoms with van der Waals surface area (Å²) in [5.74, 6) is -0.722. The number of sulfonamides is 1. The second kappa shape index (κ2) is 8.44. The monoisotopic (exact) mass is 487 g/mol. The Morgan fingerprint density at radius 3 is 2.50 bits per heavy atom. The molecule has 0 radical (unpaired) electrons. The lowest BCUT2D eigenvalue weighted by Gasteiger charge is -2.34. The van der Waals surface area contributed by atoms with Gasteiger partial charge in [-0.2, -0.15) is 9.40 Å². The fourth-order valence-corrected chi connectivity index (χ4v) is 5.23. The zero-order valence-electron chi connectivity index (χ0n) is 18.6. The molecule has 2 aliphatic rings. The molecule has 0 atom stereocenters. The van der Waals surface area contributed by atoms with E-state index in [4.69, 9.17) is 0 Å². The summed E-state index contributed by atoms with van der Waals surface area (Å²) in [5.41, 5.74) is 2.56. The highest BCUT2D eigenvalue weighted by molar-refractivity contribution is 7.89. The van der Waals surface area contributed by atoms with E-state index in [1.54, 1.807) is 20.0 Å². The lowest BCUT2D eigenvalue weighted by atomic mass is 10.1. The maximum atomic E-state index is 14.5. The van der Waals surface area contributed by atoms with Crippen molar-refractivity contribution in [3.63, 3.8) is 0 Å². The molecular weight excluding hydrogens is 464 g/mol. The second-order valence-corrected chi connectivity index (χ2v) is 10.4. The average Bonchev–Trinajstić information content (AvgIpc) is 3.10. The molecule has 2 aliphatic heterocycles. The van der Waals surface area contributed by atoms with E-state index in [2.05, 4.69) is 25.5 Å². The topological polar surface area (TPSA) is 107 Å². The van der Waals surface area contributed by atoms with Gasteiger partial charge in [0.15, 0.2) is 0 Å². The highest BCUT2D eigenvalue weighted by atomic mass is 32.2. The third-order valence-electron chi connectivity index (χ3n) is 6.06. The van der Waals surface area contributed by atoms with E-state index >= 15 is 0 Å². The fourth-order valence-electron chi connectivity index (χ4n) is 4.15. The third kappa shape index (κ3) is 3.82. The van der Waals surface area contributed by atoms with Crippen LogP contribution < -0.4 is 10.2 Å². The molecule has 4 heterocycles. The first-order chi connectivity index (χ1) is 16.3. The number of H-pyrrole nitrogens is 1. The summed E-state index contributed by atoms with van der Waals surface area (Å²) >= 11 is 0. The molecule has 2 aromatic heterocycles. The normalized spacial score (nSPS) is 16.4. The number of nitrogens with zero attached hydrogens (tertiary/aromatic N) is 5. The number of anilines is 2. The van der Waals surface area contributed by atoms with Crippen molar-refractivity contribution in [1.29, 1.82) is 0 Å². The quantitative estimate of drug-likeness (QED) is 0.586. The van der Waals surface area contributed by atoms with Crippen LogP contribution in [0, 0.1) is 18.6 Å². The molecule has 1 saturated heterocycles. The summed E-state index contributed by atoms with van der Waals surface area (Å²) in [6, 6.07) is 5.49. The summed E-state index contributed by atoms with van der Waals surface area (Å²) in [6.45, 7) is 5.15.